The predicted molar refractivity (Wildman–Crippen MR) is 40.9 cm³/mol. The number of halogens is 1. The molecular weight excluding hydrogens is 143 g/mol. The van der Waals surface area contributed by atoms with Crippen molar-refractivity contribution in [1.82, 2.24) is 0 Å². The van der Waals surface area contributed by atoms with Crippen LogP contribution in [0.1, 0.15) is 5.56 Å². The normalized spacial score (nSPS) is 9.67. The Labute approximate surface area is 77.6 Å². The van der Waals surface area contributed by atoms with Crippen molar-refractivity contribution < 1.29 is 0 Å². The van der Waals surface area contributed by atoms with E-state index in [1.54, 1.807) is 0 Å². The summed E-state index contributed by atoms with van der Waals surface area (Å²) in [4.78, 5) is 0. The minimum absolute atomic E-state index is 0.910. The average Bonchev–Trinajstić information content (AvgIpc) is 1.89. The first kappa shape index (κ1) is 7.62. The molecule has 0 amide bonds. The van der Waals surface area contributed by atoms with Crippen molar-refractivity contribution in [3.8, 4) is 0 Å². The van der Waals surface area contributed by atoms with Gasteiger partial charge in [0.1, 0.15) is 0 Å². The number of hydrogen-bond acceptors (Lipinski definition) is 0. The molecule has 1 aromatic carbocycles. The Morgan fingerprint density at radius 1 is 1.33 bits per heavy atom. The van der Waals surface area contributed by atoms with Gasteiger partial charge in [-0.25, -0.2) is 0 Å². The molecule has 0 fully saturated rings. The van der Waals surface area contributed by atoms with Crippen LogP contribution in [0, 0.1) is 0 Å². The molecule has 0 saturated carbocycles. The predicted octanol–water partition coefficient (Wildman–Crippen LogP) is 2.01. The monoisotopic (exact) mass is 148 g/mol. The van der Waals surface area contributed by atoms with Crippen molar-refractivity contribution in [2.45, 2.75) is 3.67 Å². The molecule has 0 aliphatic carbocycles. The third-order valence-electron chi connectivity index (χ3n) is 1.34. The number of rotatable bonds is 1. The van der Waals surface area contributed by atoms with Crippen molar-refractivity contribution >= 4 is 39.5 Å². The third-order valence-corrected chi connectivity index (χ3v) is 2.47. The van der Waals surface area contributed by atoms with Crippen LogP contribution in [0.25, 0.3) is 0 Å². The summed E-state index contributed by atoms with van der Waals surface area (Å²) in [6.07, 6.45) is 0. The summed E-state index contributed by atoms with van der Waals surface area (Å²) in [7, 11) is 0. The van der Waals surface area contributed by atoms with E-state index in [0.29, 0.717) is 0 Å². The molecule has 0 nitrogen and oxygen atoms in total. The Hall–Kier alpha value is 0.510. The second kappa shape index (κ2) is 3.62. The standard InChI is InChI=1S/C7H6Cl.Na/c1-6-4-2-3-5-7(6)8;/h2-5H,1H2;. The Bertz CT molecular complexity index is 198. The van der Waals surface area contributed by atoms with Crippen molar-refractivity contribution in [2.75, 3.05) is 0 Å². The molecule has 9 heavy (non-hydrogen) atoms. The van der Waals surface area contributed by atoms with Crippen LogP contribution in [-0.4, -0.2) is 27.9 Å². The van der Waals surface area contributed by atoms with Crippen molar-refractivity contribution in [3.05, 3.63) is 34.9 Å². The summed E-state index contributed by atoms with van der Waals surface area (Å²) in [5.41, 5.74) is 1.28. The molecule has 2 heteroatoms. The van der Waals surface area contributed by atoms with Gasteiger partial charge in [0, 0.05) is 0 Å². The van der Waals surface area contributed by atoms with E-state index in [-0.39, 0.29) is 0 Å². The summed E-state index contributed by atoms with van der Waals surface area (Å²) in [6, 6.07) is 8.01. The fourth-order valence-corrected chi connectivity index (χ4v) is 1.90. The van der Waals surface area contributed by atoms with Gasteiger partial charge in [0.05, 0.1) is 0 Å². The number of hydrogen-bond donors (Lipinski definition) is 0. The van der Waals surface area contributed by atoms with Gasteiger partial charge in [-0.15, -0.1) is 0 Å². The zero-order valence-electron chi connectivity index (χ0n) is 5.39. The fraction of sp³-hybridized carbons (Fsp3) is 0.143. The Kier molecular flexibility index (Phi) is 3.07. The molecule has 0 aliphatic heterocycles. The van der Waals surface area contributed by atoms with Crippen LogP contribution in [0.2, 0.25) is 5.02 Å². The first-order valence-corrected chi connectivity index (χ1v) is 4.87. The zero-order chi connectivity index (χ0) is 6.69. The van der Waals surface area contributed by atoms with Crippen LogP contribution >= 0.6 is 11.6 Å². The van der Waals surface area contributed by atoms with Gasteiger partial charge in [-0.3, -0.25) is 0 Å². The quantitative estimate of drug-likeness (QED) is 0.535. The van der Waals surface area contributed by atoms with E-state index < -0.39 is 0 Å². The van der Waals surface area contributed by atoms with Crippen LogP contribution in [0.3, 0.4) is 0 Å². The second-order valence-electron chi connectivity index (χ2n) is 1.94. The maximum atomic E-state index is 5.85. The topological polar surface area (TPSA) is 0 Å². The van der Waals surface area contributed by atoms with Crippen LogP contribution in [0.4, 0.5) is 0 Å². The van der Waals surface area contributed by atoms with Gasteiger partial charge >= 0.3 is 78.1 Å². The first-order valence-electron chi connectivity index (χ1n) is 3.08. The molecule has 0 radical (unpaired) electrons. The van der Waals surface area contributed by atoms with Crippen LogP contribution in [0.5, 0.6) is 0 Å². The molecule has 0 bridgehead atoms. The van der Waals surface area contributed by atoms with E-state index in [2.05, 4.69) is 6.07 Å². The van der Waals surface area contributed by atoms with E-state index >= 15 is 0 Å². The van der Waals surface area contributed by atoms with Gasteiger partial charge in [-0.2, -0.15) is 0 Å². The van der Waals surface area contributed by atoms with E-state index in [1.807, 2.05) is 18.2 Å². The van der Waals surface area contributed by atoms with Crippen molar-refractivity contribution in [1.29, 1.82) is 0 Å². The molecule has 1 aromatic rings. The number of benzene rings is 1. The van der Waals surface area contributed by atoms with Crippen molar-refractivity contribution in [3.63, 3.8) is 0 Å². The Morgan fingerprint density at radius 2 is 2.00 bits per heavy atom. The van der Waals surface area contributed by atoms with Crippen LogP contribution < -0.4 is 0 Å². The molecule has 0 atom stereocenters. The van der Waals surface area contributed by atoms with Gasteiger partial charge in [-0.05, 0) is 0 Å². The molecule has 0 spiro atoms. The maximum absolute atomic E-state index is 5.85. The summed E-state index contributed by atoms with van der Waals surface area (Å²) >= 11 is 7.04. The molecule has 0 unspecified atom stereocenters. The molecule has 0 saturated heterocycles. The van der Waals surface area contributed by atoms with Crippen molar-refractivity contribution in [2.24, 2.45) is 0 Å². The Balaban J connectivity index is 3.01. The molecule has 0 heterocycles. The first-order chi connectivity index (χ1) is 4.34. The summed E-state index contributed by atoms with van der Waals surface area (Å²) in [6.45, 7) is 0. The second-order valence-corrected chi connectivity index (χ2v) is 3.06. The minimum atomic E-state index is 0.910. The molecular formula is C7H6ClNa. The van der Waals surface area contributed by atoms with Crippen LogP contribution in [0.15, 0.2) is 24.3 Å². The molecule has 42 valence electrons. The zero-order valence-corrected chi connectivity index (χ0v) is 8.15. The average molecular weight is 149 g/mol. The van der Waals surface area contributed by atoms with Crippen LogP contribution in [-0.2, 0) is 3.67 Å². The fourth-order valence-electron chi connectivity index (χ4n) is 0.785. The van der Waals surface area contributed by atoms with E-state index in [4.69, 9.17) is 11.6 Å². The van der Waals surface area contributed by atoms with Gasteiger partial charge in [0.2, 0.25) is 0 Å². The summed E-state index contributed by atoms with van der Waals surface area (Å²) in [5, 5.41) is 0.910. The van der Waals surface area contributed by atoms with Gasteiger partial charge in [0.15, 0.2) is 0 Å². The van der Waals surface area contributed by atoms with E-state index in [0.717, 1.165) is 8.69 Å². The van der Waals surface area contributed by atoms with Gasteiger partial charge < -0.3 is 0 Å². The van der Waals surface area contributed by atoms with Gasteiger partial charge in [0.25, 0.3) is 0 Å². The molecule has 0 aliphatic rings. The summed E-state index contributed by atoms with van der Waals surface area (Å²) < 4.78 is 1.15. The van der Waals surface area contributed by atoms with Gasteiger partial charge in [-0.1, -0.05) is 0 Å². The van der Waals surface area contributed by atoms with E-state index in [1.165, 1.54) is 33.5 Å². The summed E-state index contributed by atoms with van der Waals surface area (Å²) in [5.74, 6) is 0. The molecule has 0 aromatic heterocycles. The van der Waals surface area contributed by atoms with E-state index in [9.17, 15) is 0 Å². The molecule has 0 N–H and O–H groups in total. The SMILES string of the molecule is [Na][CH2]c1ccccc1Cl. The Morgan fingerprint density at radius 3 is 2.44 bits per heavy atom. The third kappa shape index (κ3) is 1.98. The molecule has 1 rings (SSSR count).